The van der Waals surface area contributed by atoms with Gasteiger partial charge in [-0.1, -0.05) is 0 Å². The first-order valence-corrected chi connectivity index (χ1v) is 8.24. The van der Waals surface area contributed by atoms with Crippen molar-refractivity contribution in [2.45, 2.75) is 39.8 Å². The Kier molecular flexibility index (Phi) is 4.51. The van der Waals surface area contributed by atoms with Gasteiger partial charge in [-0.25, -0.2) is 13.8 Å². The Morgan fingerprint density at radius 3 is 2.64 bits per heavy atom. The van der Waals surface area contributed by atoms with Crippen LogP contribution in [0.3, 0.4) is 0 Å². The maximum atomic E-state index is 13.6. The fourth-order valence-electron chi connectivity index (χ4n) is 2.74. The Balaban J connectivity index is 2.44. The predicted octanol–water partition coefficient (Wildman–Crippen LogP) is 3.86. The lowest BCUT2D eigenvalue weighted by molar-refractivity contribution is 0.153. The second-order valence-electron chi connectivity index (χ2n) is 5.90. The molecule has 3 rings (SSSR count). The van der Waals surface area contributed by atoms with Gasteiger partial charge in [-0.15, -0.1) is 0 Å². The minimum absolute atomic E-state index is 0.135. The summed E-state index contributed by atoms with van der Waals surface area (Å²) in [6.45, 7) is 6.26. The van der Waals surface area contributed by atoms with Crippen LogP contribution in [0.25, 0.3) is 22.3 Å². The van der Waals surface area contributed by atoms with E-state index >= 15 is 0 Å². The third-order valence-electron chi connectivity index (χ3n) is 3.93. The molecule has 0 aliphatic heterocycles. The lowest BCUT2D eigenvalue weighted by Crippen LogP contribution is -2.19. The van der Waals surface area contributed by atoms with Crippen LogP contribution < -0.4 is 5.56 Å². The normalized spacial score (nSPS) is 11.8. The zero-order valence-electron chi connectivity index (χ0n) is 14.0. The number of nitrogens with one attached hydrogen (secondary N) is 1. The van der Waals surface area contributed by atoms with E-state index in [9.17, 15) is 13.6 Å². The first-order valence-electron chi connectivity index (χ1n) is 7.84. The third kappa shape index (κ3) is 2.99. The molecule has 3 aromatic rings. The molecular weight excluding hydrogens is 348 g/mol. The number of aromatic amines is 1. The summed E-state index contributed by atoms with van der Waals surface area (Å²) in [5, 5.41) is 4.02. The second-order valence-corrected chi connectivity index (χ2v) is 6.29. The van der Waals surface area contributed by atoms with E-state index in [4.69, 9.17) is 12.2 Å². The van der Waals surface area contributed by atoms with E-state index in [1.807, 2.05) is 20.8 Å². The van der Waals surface area contributed by atoms with Crippen LogP contribution in [0.4, 0.5) is 8.78 Å². The first-order chi connectivity index (χ1) is 11.8. The number of aryl methyl sites for hydroxylation is 1. The average molecular weight is 365 g/mol. The molecule has 25 heavy (non-hydrogen) atoms. The third-order valence-corrected chi connectivity index (χ3v) is 4.23. The zero-order chi connectivity index (χ0) is 18.3. The van der Waals surface area contributed by atoms with Crippen LogP contribution in [0.1, 0.15) is 38.8 Å². The minimum Gasteiger partial charge on any atom is -0.300 e. The predicted molar refractivity (Wildman–Crippen MR) is 93.4 cm³/mol. The summed E-state index contributed by atoms with van der Waals surface area (Å²) in [7, 11) is 0. The first kappa shape index (κ1) is 17.4. The molecule has 3 aromatic heterocycles. The van der Waals surface area contributed by atoms with Crippen molar-refractivity contribution in [1.82, 2.24) is 24.3 Å². The molecule has 0 unspecified atom stereocenters. The van der Waals surface area contributed by atoms with E-state index in [1.54, 1.807) is 21.6 Å². The van der Waals surface area contributed by atoms with Crippen LogP contribution in [0.5, 0.6) is 0 Å². The lowest BCUT2D eigenvalue weighted by Gasteiger charge is -2.16. The van der Waals surface area contributed by atoms with E-state index in [0.29, 0.717) is 17.8 Å². The molecule has 0 aliphatic carbocycles. The van der Waals surface area contributed by atoms with Crippen molar-refractivity contribution in [1.29, 1.82) is 0 Å². The minimum atomic E-state index is -2.82. The Hall–Kier alpha value is -2.42. The van der Waals surface area contributed by atoms with Crippen molar-refractivity contribution in [3.05, 3.63) is 39.1 Å². The molecule has 0 spiro atoms. The highest BCUT2D eigenvalue weighted by Crippen LogP contribution is 2.30. The van der Waals surface area contributed by atoms with Gasteiger partial charge in [-0.3, -0.25) is 19.0 Å². The van der Waals surface area contributed by atoms with Crippen LogP contribution in [-0.4, -0.2) is 24.3 Å². The molecule has 1 N–H and O–H groups in total. The van der Waals surface area contributed by atoms with Crippen molar-refractivity contribution in [2.75, 3.05) is 0 Å². The molecule has 132 valence electrons. The molecule has 6 nitrogen and oxygen atoms in total. The van der Waals surface area contributed by atoms with E-state index in [0.717, 1.165) is 0 Å². The van der Waals surface area contributed by atoms with Crippen molar-refractivity contribution in [2.24, 2.45) is 0 Å². The number of pyridine rings is 1. The number of hydrogen-bond acceptors (Lipinski definition) is 4. The fraction of sp³-hybridized carbons (Fsp3) is 0.375. The van der Waals surface area contributed by atoms with E-state index < -0.39 is 12.0 Å². The molecule has 0 aromatic carbocycles. The summed E-state index contributed by atoms with van der Waals surface area (Å²) in [6.07, 6.45) is 0.474. The van der Waals surface area contributed by atoms with Crippen LogP contribution in [-0.2, 0) is 6.54 Å². The van der Waals surface area contributed by atoms with Crippen LogP contribution in [0, 0.1) is 4.77 Å². The molecule has 3 heterocycles. The highest BCUT2D eigenvalue weighted by Gasteiger charge is 2.21. The Morgan fingerprint density at radius 2 is 2.08 bits per heavy atom. The van der Waals surface area contributed by atoms with Crippen molar-refractivity contribution in [3.63, 3.8) is 0 Å². The van der Waals surface area contributed by atoms with Gasteiger partial charge in [0.05, 0.1) is 17.3 Å². The molecule has 9 heteroatoms. The number of nitrogens with zero attached hydrogens (tertiary/aromatic N) is 4. The van der Waals surface area contributed by atoms with Gasteiger partial charge in [0.25, 0.3) is 12.0 Å². The van der Waals surface area contributed by atoms with E-state index in [2.05, 4.69) is 15.1 Å². The van der Waals surface area contributed by atoms with Gasteiger partial charge in [0.1, 0.15) is 5.65 Å². The topological polar surface area (TPSA) is 68.5 Å². The molecule has 0 fully saturated rings. The number of halogens is 2. The van der Waals surface area contributed by atoms with Crippen molar-refractivity contribution >= 4 is 23.3 Å². The maximum Gasteiger partial charge on any atom is 0.264 e. The van der Waals surface area contributed by atoms with Gasteiger partial charge >= 0.3 is 0 Å². The van der Waals surface area contributed by atoms with Gasteiger partial charge in [-0.05, 0) is 39.1 Å². The second kappa shape index (κ2) is 6.47. The Morgan fingerprint density at radius 1 is 1.36 bits per heavy atom. The zero-order valence-corrected chi connectivity index (χ0v) is 14.8. The molecule has 0 bridgehead atoms. The van der Waals surface area contributed by atoms with Gasteiger partial charge in [0, 0.05) is 29.9 Å². The molecule has 0 saturated carbocycles. The molecule has 0 radical (unpaired) electrons. The standard InChI is InChI=1S/C16H17F2N5OS/c1-4-22-7-9(6-19-22)11-5-10(13(17)18)12-14(20-11)23(8(2)3)16(25)21-15(12)24/h5-8,13H,4H2,1-3H3,(H,21,24,25). The van der Waals surface area contributed by atoms with Gasteiger partial charge in [0.15, 0.2) is 4.77 Å². The number of H-pyrrole nitrogens is 1. The molecular formula is C16H17F2N5OS. The Bertz CT molecular complexity index is 1050. The average Bonchev–Trinajstić information content (AvgIpc) is 3.02. The highest BCUT2D eigenvalue weighted by molar-refractivity contribution is 7.71. The monoisotopic (exact) mass is 365 g/mol. The molecule has 0 amide bonds. The SMILES string of the molecule is CCn1cc(-c2cc(C(F)F)c3c(=O)[nH]c(=S)n(C(C)C)c3n2)cn1. The Labute approximate surface area is 147 Å². The summed E-state index contributed by atoms with van der Waals surface area (Å²) in [5.41, 5.74) is 0.0651. The van der Waals surface area contributed by atoms with Crippen LogP contribution >= 0.6 is 12.2 Å². The van der Waals surface area contributed by atoms with Crippen LogP contribution in [0.15, 0.2) is 23.3 Å². The van der Waals surface area contributed by atoms with Gasteiger partial charge in [-0.2, -0.15) is 5.10 Å². The summed E-state index contributed by atoms with van der Waals surface area (Å²) >= 11 is 5.20. The summed E-state index contributed by atoms with van der Waals surface area (Å²) in [5.74, 6) is 0. The number of hydrogen-bond donors (Lipinski definition) is 1. The van der Waals surface area contributed by atoms with Gasteiger partial charge in [0.2, 0.25) is 0 Å². The molecule has 0 aliphatic rings. The smallest absolute Gasteiger partial charge is 0.264 e. The summed E-state index contributed by atoms with van der Waals surface area (Å²) in [6, 6.07) is 1.09. The highest BCUT2D eigenvalue weighted by atomic mass is 32.1. The van der Waals surface area contributed by atoms with Crippen molar-refractivity contribution in [3.8, 4) is 11.3 Å². The molecule has 0 saturated heterocycles. The fourth-order valence-corrected chi connectivity index (χ4v) is 3.13. The largest absolute Gasteiger partial charge is 0.300 e. The van der Waals surface area contributed by atoms with Gasteiger partial charge < -0.3 is 0 Å². The van der Waals surface area contributed by atoms with E-state index in [-0.39, 0.29) is 27.4 Å². The number of alkyl halides is 2. The van der Waals surface area contributed by atoms with Crippen LogP contribution in [0.2, 0.25) is 0 Å². The number of rotatable bonds is 4. The summed E-state index contributed by atoms with van der Waals surface area (Å²) in [4.78, 5) is 19.2. The number of fused-ring (bicyclic) bond motifs is 1. The lowest BCUT2D eigenvalue weighted by atomic mass is 10.1. The summed E-state index contributed by atoms with van der Waals surface area (Å²) < 4.78 is 30.7. The van der Waals surface area contributed by atoms with Crippen molar-refractivity contribution < 1.29 is 8.78 Å². The maximum absolute atomic E-state index is 13.6. The number of aromatic nitrogens is 5. The molecule has 0 atom stereocenters. The van der Waals surface area contributed by atoms with E-state index in [1.165, 1.54) is 6.07 Å². The quantitative estimate of drug-likeness (QED) is 0.713.